The number of carbonyl (C=O) groups is 1. The molecule has 1 saturated carbocycles. The van der Waals surface area contributed by atoms with Crippen LogP contribution in [0.5, 0.6) is 5.75 Å². The highest BCUT2D eigenvalue weighted by Gasteiger charge is 2.33. The molecule has 1 saturated heterocycles. The zero-order valence-corrected chi connectivity index (χ0v) is 17.0. The monoisotopic (exact) mass is 394 g/mol. The van der Waals surface area contributed by atoms with E-state index in [2.05, 4.69) is 4.72 Å². The molecule has 0 radical (unpaired) electrons. The zero-order valence-electron chi connectivity index (χ0n) is 16.2. The molecule has 2 aliphatic rings. The van der Waals surface area contributed by atoms with E-state index in [1.807, 2.05) is 18.7 Å². The van der Waals surface area contributed by atoms with Crippen LogP contribution >= 0.6 is 0 Å². The van der Waals surface area contributed by atoms with Crippen molar-refractivity contribution < 1.29 is 17.9 Å². The van der Waals surface area contributed by atoms with Crippen LogP contribution in [-0.2, 0) is 14.8 Å². The summed E-state index contributed by atoms with van der Waals surface area (Å²) in [5.41, 5.74) is 0. The van der Waals surface area contributed by atoms with Crippen LogP contribution in [-0.4, -0.2) is 44.5 Å². The summed E-state index contributed by atoms with van der Waals surface area (Å²) in [5.74, 6) is 0.975. The van der Waals surface area contributed by atoms with Crippen LogP contribution in [0.3, 0.4) is 0 Å². The van der Waals surface area contributed by atoms with Gasteiger partial charge in [-0.1, -0.05) is 19.3 Å². The first kappa shape index (κ1) is 20.1. The fourth-order valence-corrected chi connectivity index (χ4v) is 5.18. The van der Waals surface area contributed by atoms with E-state index in [9.17, 15) is 13.2 Å². The topological polar surface area (TPSA) is 75.7 Å². The second kappa shape index (κ2) is 8.61. The van der Waals surface area contributed by atoms with E-state index >= 15 is 0 Å². The molecule has 6 nitrogen and oxygen atoms in total. The minimum absolute atomic E-state index is 0.0387. The Hall–Kier alpha value is -1.60. The molecule has 1 unspecified atom stereocenters. The fraction of sp³-hybridized carbons (Fsp3) is 0.650. The van der Waals surface area contributed by atoms with Crippen LogP contribution in [0.1, 0.15) is 52.4 Å². The van der Waals surface area contributed by atoms with Gasteiger partial charge in [0.25, 0.3) is 0 Å². The number of carbonyl (C=O) groups excluding carboxylic acids is 1. The first-order valence-corrected chi connectivity index (χ1v) is 11.4. The highest BCUT2D eigenvalue weighted by Crippen LogP contribution is 2.27. The van der Waals surface area contributed by atoms with Gasteiger partial charge in [-0.15, -0.1) is 0 Å². The van der Waals surface area contributed by atoms with Gasteiger partial charge in [0.05, 0.1) is 11.0 Å². The van der Waals surface area contributed by atoms with Crippen molar-refractivity contribution in [3.8, 4) is 5.75 Å². The molecule has 150 valence electrons. The summed E-state index contributed by atoms with van der Waals surface area (Å²) in [7, 11) is -3.61. The van der Waals surface area contributed by atoms with Gasteiger partial charge in [0.15, 0.2) is 0 Å². The van der Waals surface area contributed by atoms with Crippen LogP contribution in [0.4, 0.5) is 0 Å². The molecule has 27 heavy (non-hydrogen) atoms. The minimum Gasteiger partial charge on any atom is -0.491 e. The molecule has 1 heterocycles. The summed E-state index contributed by atoms with van der Waals surface area (Å²) in [4.78, 5) is 14.7. The predicted octanol–water partition coefficient (Wildman–Crippen LogP) is 2.93. The fourth-order valence-electron chi connectivity index (χ4n) is 3.92. The maximum Gasteiger partial charge on any atom is 0.240 e. The molecule has 2 fully saturated rings. The molecule has 1 aliphatic heterocycles. The Kier molecular flexibility index (Phi) is 6.42. The Labute approximate surface area is 162 Å². The van der Waals surface area contributed by atoms with E-state index in [-0.39, 0.29) is 28.9 Å². The van der Waals surface area contributed by atoms with Gasteiger partial charge in [0.2, 0.25) is 15.9 Å². The zero-order chi connectivity index (χ0) is 19.4. The lowest BCUT2D eigenvalue weighted by Gasteiger charge is -2.26. The number of likely N-dealkylation sites (tertiary alicyclic amines) is 1. The SMILES string of the molecule is CC(C)Oc1ccc(S(=O)(=O)NC2CCN(C(=O)C3CCCCC3)C2)cc1. The van der Waals surface area contributed by atoms with Crippen molar-refractivity contribution in [2.24, 2.45) is 5.92 Å². The van der Waals surface area contributed by atoms with Gasteiger partial charge in [-0.05, 0) is 57.4 Å². The van der Waals surface area contributed by atoms with Crippen LogP contribution in [0, 0.1) is 5.92 Å². The van der Waals surface area contributed by atoms with E-state index in [1.165, 1.54) is 6.42 Å². The Morgan fingerprint density at radius 1 is 1.11 bits per heavy atom. The van der Waals surface area contributed by atoms with Gasteiger partial charge in [-0.25, -0.2) is 13.1 Å². The summed E-state index contributed by atoms with van der Waals surface area (Å²) in [6.45, 7) is 4.94. The summed E-state index contributed by atoms with van der Waals surface area (Å²) in [6.07, 6.45) is 6.09. The highest BCUT2D eigenvalue weighted by atomic mass is 32.2. The molecule has 1 N–H and O–H groups in total. The summed E-state index contributed by atoms with van der Waals surface area (Å²) >= 11 is 0. The predicted molar refractivity (Wildman–Crippen MR) is 104 cm³/mol. The molecule has 1 amide bonds. The van der Waals surface area contributed by atoms with Gasteiger partial charge in [-0.2, -0.15) is 0 Å². The molecule has 7 heteroatoms. The number of sulfonamides is 1. The van der Waals surface area contributed by atoms with E-state index in [4.69, 9.17) is 4.74 Å². The molecular weight excluding hydrogens is 364 g/mol. The largest absolute Gasteiger partial charge is 0.491 e. The lowest BCUT2D eigenvalue weighted by atomic mass is 9.88. The standard InChI is InChI=1S/C20H30N2O4S/c1-15(2)26-18-8-10-19(11-9-18)27(24,25)21-17-12-13-22(14-17)20(23)16-6-4-3-5-7-16/h8-11,15-17,21H,3-7,12-14H2,1-2H3. The second-order valence-electron chi connectivity index (χ2n) is 7.86. The number of ether oxygens (including phenoxy) is 1. The summed E-state index contributed by atoms with van der Waals surface area (Å²) in [6, 6.07) is 6.22. The number of nitrogens with zero attached hydrogens (tertiary/aromatic N) is 1. The van der Waals surface area contributed by atoms with Crippen LogP contribution < -0.4 is 9.46 Å². The quantitative estimate of drug-likeness (QED) is 0.805. The first-order valence-electron chi connectivity index (χ1n) is 9.93. The van der Waals surface area contributed by atoms with Crippen molar-refractivity contribution in [1.82, 2.24) is 9.62 Å². The maximum atomic E-state index is 12.6. The van der Waals surface area contributed by atoms with E-state index in [0.29, 0.717) is 25.3 Å². The van der Waals surface area contributed by atoms with E-state index in [1.54, 1.807) is 24.3 Å². The van der Waals surface area contributed by atoms with Crippen molar-refractivity contribution in [2.45, 2.75) is 69.4 Å². The highest BCUT2D eigenvalue weighted by molar-refractivity contribution is 7.89. The molecule has 0 aromatic heterocycles. The molecule has 1 aromatic carbocycles. The molecule has 0 spiro atoms. The van der Waals surface area contributed by atoms with E-state index < -0.39 is 10.0 Å². The molecular formula is C20H30N2O4S. The Morgan fingerprint density at radius 2 is 1.78 bits per heavy atom. The minimum atomic E-state index is -3.61. The van der Waals surface area contributed by atoms with Crippen molar-refractivity contribution in [3.63, 3.8) is 0 Å². The average Bonchev–Trinajstić information content (AvgIpc) is 3.09. The van der Waals surface area contributed by atoms with Gasteiger partial charge < -0.3 is 9.64 Å². The summed E-state index contributed by atoms with van der Waals surface area (Å²) in [5, 5.41) is 0. The number of amides is 1. The van der Waals surface area contributed by atoms with E-state index in [0.717, 1.165) is 25.7 Å². The van der Waals surface area contributed by atoms with Crippen LogP contribution in [0.25, 0.3) is 0 Å². The third kappa shape index (κ3) is 5.23. The number of benzene rings is 1. The number of nitrogens with one attached hydrogen (secondary N) is 1. The number of hydrogen-bond acceptors (Lipinski definition) is 4. The molecule has 1 aromatic rings. The average molecular weight is 395 g/mol. The number of rotatable bonds is 6. The lowest BCUT2D eigenvalue weighted by Crippen LogP contribution is -2.40. The smallest absolute Gasteiger partial charge is 0.240 e. The van der Waals surface area contributed by atoms with Crippen LogP contribution in [0.2, 0.25) is 0 Å². The van der Waals surface area contributed by atoms with Crippen molar-refractivity contribution in [2.75, 3.05) is 13.1 Å². The Balaban J connectivity index is 1.57. The lowest BCUT2D eigenvalue weighted by molar-refractivity contribution is -0.135. The van der Waals surface area contributed by atoms with Crippen LogP contribution in [0.15, 0.2) is 29.2 Å². The summed E-state index contributed by atoms with van der Waals surface area (Å²) < 4.78 is 33.6. The van der Waals surface area contributed by atoms with Gasteiger partial charge >= 0.3 is 0 Å². The second-order valence-corrected chi connectivity index (χ2v) is 9.58. The number of hydrogen-bond donors (Lipinski definition) is 1. The Bertz CT molecular complexity index is 740. The van der Waals surface area contributed by atoms with Gasteiger partial charge in [0.1, 0.15) is 5.75 Å². The molecule has 3 rings (SSSR count). The molecule has 1 atom stereocenters. The third-order valence-corrected chi connectivity index (χ3v) is 6.82. The maximum absolute atomic E-state index is 12.6. The molecule has 0 bridgehead atoms. The third-order valence-electron chi connectivity index (χ3n) is 5.28. The van der Waals surface area contributed by atoms with Crippen molar-refractivity contribution in [3.05, 3.63) is 24.3 Å². The Morgan fingerprint density at radius 3 is 2.41 bits per heavy atom. The first-order chi connectivity index (χ1) is 12.8. The van der Waals surface area contributed by atoms with Crippen molar-refractivity contribution >= 4 is 15.9 Å². The van der Waals surface area contributed by atoms with Gasteiger partial charge in [-0.3, -0.25) is 4.79 Å². The molecule has 1 aliphatic carbocycles. The normalized spacial score (nSPS) is 21.6. The van der Waals surface area contributed by atoms with Gasteiger partial charge in [0, 0.05) is 25.0 Å². The van der Waals surface area contributed by atoms with Crippen molar-refractivity contribution in [1.29, 1.82) is 0 Å².